The van der Waals surface area contributed by atoms with Crippen molar-refractivity contribution in [3.05, 3.63) is 0 Å². The summed E-state index contributed by atoms with van der Waals surface area (Å²) in [6, 6.07) is 0.351. The van der Waals surface area contributed by atoms with Crippen molar-refractivity contribution in [2.24, 2.45) is 10.9 Å². The zero-order valence-electron chi connectivity index (χ0n) is 15.3. The van der Waals surface area contributed by atoms with Gasteiger partial charge in [-0.05, 0) is 25.7 Å². The van der Waals surface area contributed by atoms with Crippen LogP contribution in [0.4, 0.5) is 0 Å². The van der Waals surface area contributed by atoms with E-state index in [1.54, 1.807) is 0 Å². The smallest absolute Gasteiger partial charge is 0.222 e. The van der Waals surface area contributed by atoms with E-state index in [4.69, 9.17) is 4.74 Å². The van der Waals surface area contributed by atoms with E-state index < -0.39 is 0 Å². The highest BCUT2D eigenvalue weighted by Crippen LogP contribution is 2.18. The van der Waals surface area contributed by atoms with Gasteiger partial charge in [0.2, 0.25) is 5.91 Å². The van der Waals surface area contributed by atoms with Gasteiger partial charge < -0.3 is 19.9 Å². The van der Waals surface area contributed by atoms with E-state index in [0.717, 1.165) is 70.9 Å². The molecule has 7 heteroatoms. The second kappa shape index (κ2) is 11.1. The number of carbonyl (C=O) groups excluding carboxylic acids is 1. The maximum Gasteiger partial charge on any atom is 0.222 e. The fourth-order valence-electron chi connectivity index (χ4n) is 3.57. The fraction of sp³-hybridized carbons (Fsp3) is 0.882. The molecule has 6 nitrogen and oxygen atoms in total. The van der Waals surface area contributed by atoms with Gasteiger partial charge in [-0.1, -0.05) is 6.92 Å². The first kappa shape index (κ1) is 21.5. The molecule has 2 fully saturated rings. The Morgan fingerprint density at radius 3 is 2.88 bits per heavy atom. The van der Waals surface area contributed by atoms with Crippen LogP contribution in [0.1, 0.15) is 39.0 Å². The highest BCUT2D eigenvalue weighted by Gasteiger charge is 2.26. The molecule has 0 aromatic rings. The van der Waals surface area contributed by atoms with E-state index in [9.17, 15) is 4.79 Å². The van der Waals surface area contributed by atoms with Crippen LogP contribution in [-0.4, -0.2) is 74.7 Å². The molecule has 1 amide bonds. The molecule has 1 N–H and O–H groups in total. The molecule has 0 aliphatic carbocycles. The van der Waals surface area contributed by atoms with Gasteiger partial charge in [-0.25, -0.2) is 0 Å². The van der Waals surface area contributed by atoms with Gasteiger partial charge in [0, 0.05) is 58.7 Å². The molecule has 0 aromatic heterocycles. The second-order valence-corrected chi connectivity index (χ2v) is 6.63. The van der Waals surface area contributed by atoms with Crippen molar-refractivity contribution in [2.45, 2.75) is 45.1 Å². The molecule has 0 spiro atoms. The molecular weight excluding hydrogens is 419 g/mol. The second-order valence-electron chi connectivity index (χ2n) is 6.63. The summed E-state index contributed by atoms with van der Waals surface area (Å²) in [5, 5.41) is 3.44. The summed E-state index contributed by atoms with van der Waals surface area (Å²) in [6.07, 6.45) is 4.85. The van der Waals surface area contributed by atoms with Crippen LogP contribution in [0.25, 0.3) is 0 Å². The Labute approximate surface area is 163 Å². The maximum absolute atomic E-state index is 11.9. The Balaban J connectivity index is 0.00000288. The zero-order valence-corrected chi connectivity index (χ0v) is 17.6. The van der Waals surface area contributed by atoms with E-state index >= 15 is 0 Å². The SMILES string of the molecule is CCC(CCNC(=NC)N(C)CC1CCOC1)N1CCCC1=O.I. The van der Waals surface area contributed by atoms with Gasteiger partial charge in [0.05, 0.1) is 6.61 Å². The third-order valence-corrected chi connectivity index (χ3v) is 4.91. The van der Waals surface area contributed by atoms with Gasteiger partial charge in [0.25, 0.3) is 0 Å². The third-order valence-electron chi connectivity index (χ3n) is 4.91. The monoisotopic (exact) mass is 452 g/mol. The Bertz CT molecular complexity index is 413. The number of aliphatic imine (C=N–C) groups is 1. The molecule has 2 unspecified atom stereocenters. The summed E-state index contributed by atoms with van der Waals surface area (Å²) in [4.78, 5) is 20.5. The van der Waals surface area contributed by atoms with E-state index in [1.165, 1.54) is 0 Å². The molecule has 2 atom stereocenters. The van der Waals surface area contributed by atoms with Crippen molar-refractivity contribution in [2.75, 3.05) is 46.9 Å². The number of ether oxygens (including phenoxy) is 1. The minimum absolute atomic E-state index is 0. The summed E-state index contributed by atoms with van der Waals surface area (Å²) in [5.74, 6) is 1.85. The quantitative estimate of drug-likeness (QED) is 0.365. The van der Waals surface area contributed by atoms with Crippen LogP contribution in [0.15, 0.2) is 4.99 Å². The van der Waals surface area contributed by atoms with E-state index in [2.05, 4.69) is 34.1 Å². The molecule has 140 valence electrons. The molecule has 2 aliphatic heterocycles. The summed E-state index contributed by atoms with van der Waals surface area (Å²) < 4.78 is 5.44. The fourth-order valence-corrected chi connectivity index (χ4v) is 3.57. The van der Waals surface area contributed by atoms with Crippen LogP contribution in [0, 0.1) is 5.92 Å². The third kappa shape index (κ3) is 6.06. The molecular formula is C17H33IN4O2. The predicted octanol–water partition coefficient (Wildman–Crippen LogP) is 1.94. The van der Waals surface area contributed by atoms with Gasteiger partial charge in [-0.2, -0.15) is 0 Å². The van der Waals surface area contributed by atoms with Crippen LogP contribution in [-0.2, 0) is 9.53 Å². The predicted molar refractivity (Wildman–Crippen MR) is 108 cm³/mol. The summed E-state index contributed by atoms with van der Waals surface area (Å²) >= 11 is 0. The van der Waals surface area contributed by atoms with E-state index in [0.29, 0.717) is 17.9 Å². The number of halogens is 1. The van der Waals surface area contributed by atoms with Crippen molar-refractivity contribution >= 4 is 35.8 Å². The van der Waals surface area contributed by atoms with Crippen molar-refractivity contribution in [3.63, 3.8) is 0 Å². The summed E-state index contributed by atoms with van der Waals surface area (Å²) in [5.41, 5.74) is 0. The van der Waals surface area contributed by atoms with Crippen molar-refractivity contribution in [1.82, 2.24) is 15.1 Å². The standard InChI is InChI=1S/C17H32N4O2.HI/c1-4-15(21-10-5-6-16(21)22)7-9-19-17(18-2)20(3)12-14-8-11-23-13-14;/h14-15H,4-13H2,1-3H3,(H,18,19);1H. The topological polar surface area (TPSA) is 57.2 Å². The minimum atomic E-state index is 0. The summed E-state index contributed by atoms with van der Waals surface area (Å²) in [7, 11) is 3.90. The van der Waals surface area contributed by atoms with Crippen LogP contribution < -0.4 is 5.32 Å². The first-order valence-electron chi connectivity index (χ1n) is 8.94. The lowest BCUT2D eigenvalue weighted by molar-refractivity contribution is -0.129. The van der Waals surface area contributed by atoms with Gasteiger partial charge in [0.15, 0.2) is 5.96 Å². The van der Waals surface area contributed by atoms with Gasteiger partial charge in [0.1, 0.15) is 0 Å². The molecule has 2 aliphatic rings. The number of nitrogens with zero attached hydrogens (tertiary/aromatic N) is 3. The van der Waals surface area contributed by atoms with Crippen molar-refractivity contribution in [1.29, 1.82) is 0 Å². The lowest BCUT2D eigenvalue weighted by atomic mass is 10.1. The van der Waals surface area contributed by atoms with Crippen LogP contribution in [0.2, 0.25) is 0 Å². The lowest BCUT2D eigenvalue weighted by Gasteiger charge is -2.28. The molecule has 24 heavy (non-hydrogen) atoms. The van der Waals surface area contributed by atoms with Crippen LogP contribution >= 0.6 is 24.0 Å². The molecule has 0 radical (unpaired) electrons. The molecule has 0 bridgehead atoms. The first-order chi connectivity index (χ1) is 11.2. The first-order valence-corrected chi connectivity index (χ1v) is 8.94. The maximum atomic E-state index is 11.9. The van der Waals surface area contributed by atoms with E-state index in [-0.39, 0.29) is 24.0 Å². The Morgan fingerprint density at radius 1 is 1.54 bits per heavy atom. The Morgan fingerprint density at radius 2 is 2.33 bits per heavy atom. The molecule has 0 saturated carbocycles. The van der Waals surface area contributed by atoms with Crippen LogP contribution in [0.3, 0.4) is 0 Å². The highest BCUT2D eigenvalue weighted by molar-refractivity contribution is 14.0. The van der Waals surface area contributed by atoms with Crippen molar-refractivity contribution in [3.8, 4) is 0 Å². The average molecular weight is 452 g/mol. The van der Waals surface area contributed by atoms with Gasteiger partial charge in [-0.15, -0.1) is 24.0 Å². The number of guanidine groups is 1. The molecule has 2 heterocycles. The minimum Gasteiger partial charge on any atom is -0.381 e. The Hall–Kier alpha value is -0.570. The number of hydrogen-bond acceptors (Lipinski definition) is 3. The molecule has 0 aromatic carbocycles. The summed E-state index contributed by atoms with van der Waals surface area (Å²) in [6.45, 7) is 6.65. The van der Waals surface area contributed by atoms with E-state index in [1.807, 2.05) is 7.05 Å². The molecule has 2 saturated heterocycles. The zero-order chi connectivity index (χ0) is 16.7. The number of hydrogen-bond donors (Lipinski definition) is 1. The normalized spacial score (nSPS) is 22.5. The average Bonchev–Trinajstić information content (AvgIpc) is 3.19. The number of likely N-dealkylation sites (tertiary alicyclic amines) is 1. The van der Waals surface area contributed by atoms with Gasteiger partial charge in [-0.3, -0.25) is 9.79 Å². The molecule has 2 rings (SSSR count). The number of carbonyl (C=O) groups is 1. The van der Waals surface area contributed by atoms with Gasteiger partial charge >= 0.3 is 0 Å². The largest absolute Gasteiger partial charge is 0.381 e. The van der Waals surface area contributed by atoms with Crippen LogP contribution in [0.5, 0.6) is 0 Å². The Kier molecular flexibility index (Phi) is 9.95. The van der Waals surface area contributed by atoms with Crippen molar-refractivity contribution < 1.29 is 9.53 Å². The highest BCUT2D eigenvalue weighted by atomic mass is 127. The lowest BCUT2D eigenvalue weighted by Crippen LogP contribution is -2.44. The number of amides is 1. The number of rotatable bonds is 7. The number of nitrogens with one attached hydrogen (secondary N) is 1.